The number of aromatic carboxylic acids is 1. The zero-order valence-corrected chi connectivity index (χ0v) is 27.5. The third-order valence-corrected chi connectivity index (χ3v) is 10.7. The van der Waals surface area contributed by atoms with Crippen LogP contribution in [-0.2, 0) is 49.6 Å². The molecular weight excluding hydrogens is 602 g/mol. The SMILES string of the molecule is CC1=CC2=CC(C1)OCCCc1c(C(=O)O)n(C)c3c(c(Cl)ccc13)-c1c(nn(C)c1C)CSCc1cc(n(C)n1)CS2. The molecule has 2 aliphatic rings. The van der Waals surface area contributed by atoms with Crippen molar-refractivity contribution in [2.45, 2.75) is 56.5 Å². The molecule has 1 aliphatic heterocycles. The summed E-state index contributed by atoms with van der Waals surface area (Å²) in [4.78, 5) is 13.8. The van der Waals surface area contributed by atoms with Gasteiger partial charge in [0.2, 0.25) is 0 Å². The van der Waals surface area contributed by atoms with Crippen molar-refractivity contribution >= 4 is 52.0 Å². The number of carbonyl (C=O) groups is 1. The number of carboxylic acid groups (broad SMARTS) is 1. The first-order valence-electron chi connectivity index (χ1n) is 14.4. The van der Waals surface area contributed by atoms with Crippen molar-refractivity contribution in [3.63, 3.8) is 0 Å². The van der Waals surface area contributed by atoms with E-state index in [2.05, 4.69) is 25.1 Å². The van der Waals surface area contributed by atoms with Crippen molar-refractivity contribution in [3.8, 4) is 11.1 Å². The highest BCUT2D eigenvalue weighted by Crippen LogP contribution is 2.42. The maximum Gasteiger partial charge on any atom is 0.352 e. The van der Waals surface area contributed by atoms with Gasteiger partial charge in [-0.2, -0.15) is 10.2 Å². The van der Waals surface area contributed by atoms with Gasteiger partial charge in [0.05, 0.1) is 28.0 Å². The number of nitrogens with zero attached hydrogens (tertiary/aromatic N) is 5. The number of fused-ring (bicyclic) bond motifs is 5. The van der Waals surface area contributed by atoms with Crippen LogP contribution >= 0.6 is 35.1 Å². The minimum absolute atomic E-state index is 0.00366. The number of hydrogen-bond acceptors (Lipinski definition) is 6. The van der Waals surface area contributed by atoms with E-state index in [0.717, 1.165) is 62.6 Å². The number of halogens is 1. The molecule has 0 fully saturated rings. The molecule has 1 aromatic carbocycles. The first-order chi connectivity index (χ1) is 20.6. The summed E-state index contributed by atoms with van der Waals surface area (Å²) in [5, 5.41) is 21.5. The number of allylic oxidation sites excluding steroid dienone is 1. The molecule has 11 heteroatoms. The van der Waals surface area contributed by atoms with Gasteiger partial charge in [0.1, 0.15) is 5.69 Å². The van der Waals surface area contributed by atoms with Crippen molar-refractivity contribution in [1.29, 1.82) is 0 Å². The minimum Gasteiger partial charge on any atom is -0.477 e. The Morgan fingerprint density at radius 2 is 1.91 bits per heavy atom. The highest BCUT2D eigenvalue weighted by Gasteiger charge is 2.27. The van der Waals surface area contributed by atoms with Crippen LogP contribution in [0.5, 0.6) is 0 Å². The van der Waals surface area contributed by atoms with Gasteiger partial charge in [-0.3, -0.25) is 9.36 Å². The Bertz CT molecular complexity index is 1800. The van der Waals surface area contributed by atoms with Gasteiger partial charge in [-0.15, -0.1) is 23.5 Å². The van der Waals surface area contributed by atoms with Gasteiger partial charge in [-0.05, 0) is 63.0 Å². The number of ether oxygens (including phenoxy) is 1. The molecule has 3 aromatic heterocycles. The number of thioether (sulfide) groups is 2. The number of hydrogen-bond donors (Lipinski definition) is 1. The molecule has 1 aliphatic carbocycles. The van der Waals surface area contributed by atoms with E-state index < -0.39 is 5.97 Å². The quantitative estimate of drug-likeness (QED) is 0.236. The first kappa shape index (κ1) is 30.1. The van der Waals surface area contributed by atoms with E-state index in [1.165, 1.54) is 16.2 Å². The highest BCUT2D eigenvalue weighted by molar-refractivity contribution is 8.02. The largest absolute Gasteiger partial charge is 0.477 e. The number of rotatable bonds is 1. The molecule has 4 heterocycles. The third kappa shape index (κ3) is 5.82. The summed E-state index contributed by atoms with van der Waals surface area (Å²) >= 11 is 10.5. The normalized spacial score (nSPS) is 18.2. The zero-order chi connectivity index (χ0) is 30.4. The van der Waals surface area contributed by atoms with Crippen LogP contribution in [0.1, 0.15) is 58.6 Å². The van der Waals surface area contributed by atoms with Gasteiger partial charge in [-0.25, -0.2) is 4.79 Å². The molecule has 4 aromatic rings. The van der Waals surface area contributed by atoms with E-state index in [1.54, 1.807) is 28.1 Å². The Balaban J connectivity index is 1.45. The number of carboxylic acids is 1. The second kappa shape index (κ2) is 12.2. The number of aryl methyl sites for hydroxylation is 4. The van der Waals surface area contributed by atoms with Gasteiger partial charge in [0.15, 0.2) is 0 Å². The maximum atomic E-state index is 12.6. The van der Waals surface area contributed by atoms with Gasteiger partial charge in [-0.1, -0.05) is 23.2 Å². The second-order valence-electron chi connectivity index (χ2n) is 11.3. The Morgan fingerprint density at radius 3 is 2.70 bits per heavy atom. The molecule has 8 nitrogen and oxygen atoms in total. The first-order valence-corrected chi connectivity index (χ1v) is 16.9. The number of benzene rings is 1. The molecule has 1 N–H and O–H groups in total. The van der Waals surface area contributed by atoms with Crippen molar-refractivity contribution in [2.24, 2.45) is 21.1 Å². The summed E-state index contributed by atoms with van der Waals surface area (Å²) in [6.07, 6.45) is 6.62. The van der Waals surface area contributed by atoms with Gasteiger partial charge >= 0.3 is 5.97 Å². The van der Waals surface area contributed by atoms with E-state index in [0.29, 0.717) is 35.9 Å². The fourth-order valence-corrected chi connectivity index (χ4v) is 8.46. The lowest BCUT2D eigenvalue weighted by molar-refractivity contribution is 0.0683. The predicted molar refractivity (Wildman–Crippen MR) is 176 cm³/mol. The van der Waals surface area contributed by atoms with E-state index in [9.17, 15) is 9.90 Å². The fourth-order valence-electron chi connectivity index (χ4n) is 6.24. The number of aromatic nitrogens is 5. The lowest BCUT2D eigenvalue weighted by Gasteiger charge is -2.20. The molecule has 0 spiro atoms. The molecule has 1 atom stereocenters. The molecule has 1 unspecified atom stereocenters. The van der Waals surface area contributed by atoms with Crippen LogP contribution in [0, 0.1) is 6.92 Å². The molecule has 0 radical (unpaired) electrons. The van der Waals surface area contributed by atoms with Gasteiger partial charge < -0.3 is 14.4 Å². The average Bonchev–Trinajstić information content (AvgIpc) is 3.55. The lowest BCUT2D eigenvalue weighted by Crippen LogP contribution is -2.15. The maximum absolute atomic E-state index is 12.6. The van der Waals surface area contributed by atoms with Crippen LogP contribution in [0.25, 0.3) is 22.0 Å². The Morgan fingerprint density at radius 1 is 1.09 bits per heavy atom. The summed E-state index contributed by atoms with van der Waals surface area (Å²) in [5.74, 6) is 1.30. The van der Waals surface area contributed by atoms with Crippen LogP contribution < -0.4 is 0 Å². The highest BCUT2D eigenvalue weighted by atomic mass is 35.5. The van der Waals surface area contributed by atoms with E-state index in [-0.39, 0.29) is 6.10 Å². The van der Waals surface area contributed by atoms with Crippen LogP contribution in [0.2, 0.25) is 5.02 Å². The van der Waals surface area contributed by atoms with Crippen molar-refractivity contribution < 1.29 is 14.6 Å². The Kier molecular flexibility index (Phi) is 8.56. The molecular formula is C32H36ClN5O3S2. The molecule has 0 saturated heterocycles. The minimum atomic E-state index is -0.947. The average molecular weight is 638 g/mol. The lowest BCUT2D eigenvalue weighted by atomic mass is 9.98. The van der Waals surface area contributed by atoms with Crippen molar-refractivity contribution in [2.75, 3.05) is 6.61 Å². The van der Waals surface area contributed by atoms with E-state index >= 15 is 0 Å². The predicted octanol–water partition coefficient (Wildman–Crippen LogP) is 7.20. The summed E-state index contributed by atoms with van der Waals surface area (Å²) < 4.78 is 12.0. The molecule has 43 heavy (non-hydrogen) atoms. The summed E-state index contributed by atoms with van der Waals surface area (Å²) in [7, 11) is 5.77. The molecule has 6 rings (SSSR count). The molecule has 0 saturated carbocycles. The van der Waals surface area contributed by atoms with Gasteiger partial charge in [0.25, 0.3) is 0 Å². The zero-order valence-electron chi connectivity index (χ0n) is 25.1. The van der Waals surface area contributed by atoms with E-state index in [4.69, 9.17) is 26.5 Å². The fraction of sp³-hybridized carbons (Fsp3) is 0.406. The standard InChI is InChI=1S/C32H36ClN5O3S2/c1-18-11-22-14-23(12-18)43-16-21-13-20(34-38(21)5)15-42-17-27-28(19(2)37(4)35-27)29-26(33)9-8-25-24(7-6-10-41-22)31(32(39)40)36(3)30(25)29/h8-9,12-14,22H,6-7,10-11,15-17H2,1-5H3,(H,39,40). The Labute approximate surface area is 265 Å². The van der Waals surface area contributed by atoms with Crippen LogP contribution in [-0.4, -0.2) is 47.9 Å². The van der Waals surface area contributed by atoms with Gasteiger partial charge in [0, 0.05) is 77.8 Å². The summed E-state index contributed by atoms with van der Waals surface area (Å²) in [5.41, 5.74) is 9.14. The molecule has 226 valence electrons. The third-order valence-electron chi connectivity index (χ3n) is 8.34. The van der Waals surface area contributed by atoms with Crippen LogP contribution in [0.15, 0.2) is 40.8 Å². The molecule has 8 bridgehead atoms. The summed E-state index contributed by atoms with van der Waals surface area (Å²) in [6.45, 7) is 4.73. The Hall–Kier alpha value is -2.92. The van der Waals surface area contributed by atoms with Crippen molar-refractivity contribution in [3.05, 3.63) is 79.9 Å². The summed E-state index contributed by atoms with van der Waals surface area (Å²) in [6, 6.07) is 6.04. The van der Waals surface area contributed by atoms with Crippen LogP contribution in [0.3, 0.4) is 0 Å². The molecule has 0 amide bonds. The smallest absolute Gasteiger partial charge is 0.352 e. The van der Waals surface area contributed by atoms with Crippen molar-refractivity contribution in [1.82, 2.24) is 24.1 Å². The second-order valence-corrected chi connectivity index (χ2v) is 13.8. The topological polar surface area (TPSA) is 87.1 Å². The monoisotopic (exact) mass is 637 g/mol. The van der Waals surface area contributed by atoms with Crippen LogP contribution in [0.4, 0.5) is 0 Å². The van der Waals surface area contributed by atoms with E-state index in [1.807, 2.05) is 49.6 Å².